The van der Waals surface area contributed by atoms with E-state index in [1.807, 2.05) is 4.68 Å². The lowest BCUT2D eigenvalue weighted by atomic mass is 10.1. The minimum Gasteiger partial charge on any atom is -0.330 e. The number of aromatic nitrogens is 3. The lowest BCUT2D eigenvalue weighted by Gasteiger charge is -2.04. The molecule has 0 aliphatic carbocycles. The average molecular weight is 258 g/mol. The maximum atomic E-state index is 5.52. The van der Waals surface area contributed by atoms with Crippen LogP contribution < -0.4 is 5.73 Å². The van der Waals surface area contributed by atoms with Gasteiger partial charge in [-0.3, -0.25) is 0 Å². The second-order valence-electron chi connectivity index (χ2n) is 4.83. The molecule has 0 saturated carbocycles. The van der Waals surface area contributed by atoms with Gasteiger partial charge >= 0.3 is 0 Å². The van der Waals surface area contributed by atoms with Gasteiger partial charge in [0.15, 0.2) is 0 Å². The van der Waals surface area contributed by atoms with Crippen molar-refractivity contribution in [3.63, 3.8) is 0 Å². The minimum atomic E-state index is 0.709. The van der Waals surface area contributed by atoms with E-state index in [-0.39, 0.29) is 0 Å². The van der Waals surface area contributed by atoms with Crippen LogP contribution in [0, 0.1) is 6.92 Å². The molecule has 0 radical (unpaired) electrons. The Morgan fingerprint density at radius 2 is 1.89 bits per heavy atom. The fourth-order valence-electron chi connectivity index (χ4n) is 2.19. The average Bonchev–Trinajstić information content (AvgIpc) is 2.79. The quantitative estimate of drug-likeness (QED) is 0.827. The second kappa shape index (κ2) is 7.04. The topological polar surface area (TPSA) is 56.7 Å². The van der Waals surface area contributed by atoms with Crippen molar-refractivity contribution >= 4 is 0 Å². The number of hydrogen-bond acceptors (Lipinski definition) is 3. The molecule has 0 spiro atoms. The van der Waals surface area contributed by atoms with Gasteiger partial charge in [0.25, 0.3) is 0 Å². The van der Waals surface area contributed by atoms with E-state index in [0.717, 1.165) is 37.9 Å². The van der Waals surface area contributed by atoms with Gasteiger partial charge in [0.05, 0.1) is 11.4 Å². The van der Waals surface area contributed by atoms with Gasteiger partial charge in [-0.15, -0.1) is 5.10 Å². The number of aryl methyl sites for hydroxylation is 3. The first-order valence-electron chi connectivity index (χ1n) is 6.94. The highest BCUT2D eigenvalue weighted by Crippen LogP contribution is 2.08. The Balaban J connectivity index is 1.84. The summed E-state index contributed by atoms with van der Waals surface area (Å²) in [6.45, 7) is 3.73. The molecular formula is C15H22N4. The maximum absolute atomic E-state index is 5.52. The molecule has 4 nitrogen and oxygen atoms in total. The summed E-state index contributed by atoms with van der Waals surface area (Å²) in [6, 6.07) is 10.6. The van der Waals surface area contributed by atoms with Crippen LogP contribution in [-0.4, -0.2) is 21.5 Å². The molecule has 4 heteroatoms. The van der Waals surface area contributed by atoms with Crippen LogP contribution >= 0.6 is 0 Å². The first-order valence-corrected chi connectivity index (χ1v) is 6.94. The van der Waals surface area contributed by atoms with Crippen LogP contribution in [0.15, 0.2) is 30.3 Å². The largest absolute Gasteiger partial charge is 0.330 e. The van der Waals surface area contributed by atoms with E-state index >= 15 is 0 Å². The predicted molar refractivity (Wildman–Crippen MR) is 76.9 cm³/mol. The zero-order valence-corrected chi connectivity index (χ0v) is 11.5. The van der Waals surface area contributed by atoms with Crippen LogP contribution in [0.4, 0.5) is 0 Å². The second-order valence-corrected chi connectivity index (χ2v) is 4.83. The third-order valence-corrected chi connectivity index (χ3v) is 3.37. The van der Waals surface area contributed by atoms with Gasteiger partial charge in [-0.25, -0.2) is 4.68 Å². The van der Waals surface area contributed by atoms with Crippen molar-refractivity contribution in [2.75, 3.05) is 6.54 Å². The summed E-state index contributed by atoms with van der Waals surface area (Å²) >= 11 is 0. The molecule has 0 unspecified atom stereocenters. The zero-order chi connectivity index (χ0) is 13.5. The Bertz CT molecular complexity index is 490. The molecule has 102 valence electrons. The van der Waals surface area contributed by atoms with Crippen LogP contribution in [0.5, 0.6) is 0 Å². The van der Waals surface area contributed by atoms with E-state index in [1.54, 1.807) is 0 Å². The predicted octanol–water partition coefficient (Wildman–Crippen LogP) is 2.11. The van der Waals surface area contributed by atoms with Gasteiger partial charge in [-0.05, 0) is 44.7 Å². The Morgan fingerprint density at radius 1 is 1.11 bits per heavy atom. The van der Waals surface area contributed by atoms with Gasteiger partial charge < -0.3 is 5.73 Å². The van der Waals surface area contributed by atoms with E-state index in [2.05, 4.69) is 47.6 Å². The highest BCUT2D eigenvalue weighted by Gasteiger charge is 2.07. The highest BCUT2D eigenvalue weighted by atomic mass is 15.4. The van der Waals surface area contributed by atoms with Crippen LogP contribution in [0.25, 0.3) is 0 Å². The molecule has 0 bridgehead atoms. The van der Waals surface area contributed by atoms with Crippen molar-refractivity contribution in [1.82, 2.24) is 15.0 Å². The van der Waals surface area contributed by atoms with Crippen LogP contribution in [0.2, 0.25) is 0 Å². The number of benzene rings is 1. The number of hydrogen-bond donors (Lipinski definition) is 1. The third kappa shape index (κ3) is 3.89. The van der Waals surface area contributed by atoms with Crippen LogP contribution in [-0.2, 0) is 19.4 Å². The fraction of sp³-hybridized carbons (Fsp3) is 0.467. The molecule has 0 atom stereocenters. The normalized spacial score (nSPS) is 10.8. The molecule has 0 aliphatic heterocycles. The summed E-state index contributed by atoms with van der Waals surface area (Å²) in [5.41, 5.74) is 9.17. The molecule has 0 amide bonds. The third-order valence-electron chi connectivity index (χ3n) is 3.37. The molecule has 19 heavy (non-hydrogen) atoms. The summed E-state index contributed by atoms with van der Waals surface area (Å²) in [6.07, 6.45) is 4.08. The fourth-order valence-corrected chi connectivity index (χ4v) is 2.19. The molecule has 0 fully saturated rings. The van der Waals surface area contributed by atoms with Crippen molar-refractivity contribution in [3.8, 4) is 0 Å². The molecule has 0 saturated heterocycles. The van der Waals surface area contributed by atoms with Crippen LogP contribution in [0.1, 0.15) is 29.8 Å². The molecule has 0 aliphatic rings. The molecule has 1 heterocycles. The smallest absolute Gasteiger partial charge is 0.0856 e. The van der Waals surface area contributed by atoms with Crippen molar-refractivity contribution in [1.29, 1.82) is 0 Å². The van der Waals surface area contributed by atoms with E-state index in [1.165, 1.54) is 11.3 Å². The lowest BCUT2D eigenvalue weighted by Crippen LogP contribution is -2.05. The van der Waals surface area contributed by atoms with Crippen LogP contribution in [0.3, 0.4) is 0 Å². The minimum absolute atomic E-state index is 0.709. The highest BCUT2D eigenvalue weighted by molar-refractivity contribution is 5.14. The number of rotatable bonds is 7. The molecule has 1 aromatic heterocycles. The van der Waals surface area contributed by atoms with Crippen molar-refractivity contribution < 1.29 is 0 Å². The molecule has 1 aromatic carbocycles. The van der Waals surface area contributed by atoms with Gasteiger partial charge in [-0.2, -0.15) is 0 Å². The molecule has 2 aromatic rings. The SMILES string of the molecule is Cc1c(CCCN)nnn1CCCc1ccccc1. The lowest BCUT2D eigenvalue weighted by molar-refractivity contribution is 0.547. The molecule has 2 rings (SSSR count). The monoisotopic (exact) mass is 258 g/mol. The summed E-state index contributed by atoms with van der Waals surface area (Å²) in [5.74, 6) is 0. The van der Waals surface area contributed by atoms with Crippen molar-refractivity contribution in [2.45, 2.75) is 39.2 Å². The van der Waals surface area contributed by atoms with Crippen molar-refractivity contribution in [3.05, 3.63) is 47.3 Å². The van der Waals surface area contributed by atoms with E-state index < -0.39 is 0 Å². The van der Waals surface area contributed by atoms with Gasteiger partial charge in [0.2, 0.25) is 0 Å². The summed E-state index contributed by atoms with van der Waals surface area (Å²) in [7, 11) is 0. The Labute approximate surface area is 114 Å². The van der Waals surface area contributed by atoms with E-state index in [0.29, 0.717) is 6.54 Å². The first kappa shape index (κ1) is 13.7. The maximum Gasteiger partial charge on any atom is 0.0856 e. The van der Waals surface area contributed by atoms with E-state index in [4.69, 9.17) is 5.73 Å². The molecular weight excluding hydrogens is 236 g/mol. The first-order chi connectivity index (χ1) is 9.31. The Hall–Kier alpha value is -1.68. The summed E-state index contributed by atoms with van der Waals surface area (Å²) in [4.78, 5) is 0. The van der Waals surface area contributed by atoms with E-state index in [9.17, 15) is 0 Å². The van der Waals surface area contributed by atoms with Gasteiger partial charge in [0.1, 0.15) is 0 Å². The van der Waals surface area contributed by atoms with Gasteiger partial charge in [0, 0.05) is 6.54 Å². The number of nitrogens with zero attached hydrogens (tertiary/aromatic N) is 3. The number of nitrogens with two attached hydrogens (primary N) is 1. The molecule has 2 N–H and O–H groups in total. The van der Waals surface area contributed by atoms with Crippen molar-refractivity contribution in [2.24, 2.45) is 5.73 Å². The van der Waals surface area contributed by atoms with Gasteiger partial charge in [-0.1, -0.05) is 35.5 Å². The zero-order valence-electron chi connectivity index (χ0n) is 11.5. The summed E-state index contributed by atoms with van der Waals surface area (Å²) in [5, 5.41) is 8.46. The Morgan fingerprint density at radius 3 is 2.63 bits per heavy atom. The summed E-state index contributed by atoms with van der Waals surface area (Å²) < 4.78 is 2.01. The standard InChI is InChI=1S/C15H22N4/c1-13-15(10-5-11-16)17-18-19(13)12-6-9-14-7-3-2-4-8-14/h2-4,7-8H,5-6,9-12,16H2,1H3. The Kier molecular flexibility index (Phi) is 5.10.